The molecule has 2 fully saturated rings. The Bertz CT molecular complexity index is 504. The van der Waals surface area contributed by atoms with E-state index in [1.807, 2.05) is 0 Å². The second-order valence-electron chi connectivity index (χ2n) is 7.64. The molecule has 4 unspecified atom stereocenters. The second kappa shape index (κ2) is 5.79. The van der Waals surface area contributed by atoms with Crippen LogP contribution in [-0.2, 0) is 9.59 Å². The number of allylic oxidation sites excluding steroid dienone is 4. The minimum atomic E-state index is -0.0286. The van der Waals surface area contributed by atoms with Crippen LogP contribution in [0.1, 0.15) is 64.2 Å². The van der Waals surface area contributed by atoms with Gasteiger partial charge < -0.3 is 0 Å². The zero-order valence-electron chi connectivity index (χ0n) is 13.4. The van der Waals surface area contributed by atoms with Crippen LogP contribution in [0.3, 0.4) is 0 Å². The summed E-state index contributed by atoms with van der Waals surface area (Å²) in [6, 6.07) is 0. The minimum absolute atomic E-state index is 0.0286. The SMILES string of the molecule is O=C1C2CCCCC2=CCC1C1CC=C2CCCCC2C1=O. The van der Waals surface area contributed by atoms with Crippen LogP contribution in [0, 0.1) is 23.7 Å². The summed E-state index contributed by atoms with van der Waals surface area (Å²) in [6.45, 7) is 0. The van der Waals surface area contributed by atoms with Gasteiger partial charge in [0.1, 0.15) is 11.6 Å². The Kier molecular flexibility index (Phi) is 3.79. The van der Waals surface area contributed by atoms with Gasteiger partial charge in [0.25, 0.3) is 0 Å². The molecule has 4 rings (SSSR count). The predicted molar refractivity (Wildman–Crippen MR) is 86.3 cm³/mol. The van der Waals surface area contributed by atoms with Crippen molar-refractivity contribution in [3.05, 3.63) is 23.3 Å². The van der Waals surface area contributed by atoms with Gasteiger partial charge in [-0.15, -0.1) is 0 Å². The largest absolute Gasteiger partial charge is 0.299 e. The molecular weight excluding hydrogens is 272 g/mol. The molecule has 118 valence electrons. The van der Waals surface area contributed by atoms with Crippen molar-refractivity contribution in [3.8, 4) is 0 Å². The van der Waals surface area contributed by atoms with Gasteiger partial charge in [0.2, 0.25) is 0 Å². The molecule has 4 aliphatic rings. The van der Waals surface area contributed by atoms with Crippen LogP contribution < -0.4 is 0 Å². The van der Waals surface area contributed by atoms with E-state index in [1.165, 1.54) is 36.8 Å². The summed E-state index contributed by atoms with van der Waals surface area (Å²) >= 11 is 0. The van der Waals surface area contributed by atoms with Gasteiger partial charge in [0, 0.05) is 23.7 Å². The maximum absolute atomic E-state index is 13.0. The van der Waals surface area contributed by atoms with Crippen LogP contribution in [0.15, 0.2) is 23.3 Å². The van der Waals surface area contributed by atoms with E-state index in [-0.39, 0.29) is 23.7 Å². The number of Topliss-reactive ketones (excluding diaryl/α,β-unsaturated/α-hetero) is 2. The van der Waals surface area contributed by atoms with E-state index in [9.17, 15) is 9.59 Å². The van der Waals surface area contributed by atoms with Gasteiger partial charge in [-0.25, -0.2) is 0 Å². The van der Waals surface area contributed by atoms with Crippen molar-refractivity contribution in [2.24, 2.45) is 23.7 Å². The highest BCUT2D eigenvalue weighted by Crippen LogP contribution is 2.44. The maximum Gasteiger partial charge on any atom is 0.144 e. The molecule has 0 aromatic rings. The number of hydrogen-bond donors (Lipinski definition) is 0. The number of rotatable bonds is 1. The van der Waals surface area contributed by atoms with Crippen LogP contribution in [0.2, 0.25) is 0 Å². The van der Waals surface area contributed by atoms with E-state index in [4.69, 9.17) is 0 Å². The maximum atomic E-state index is 13.0. The minimum Gasteiger partial charge on any atom is -0.299 e. The Hall–Kier alpha value is -1.18. The summed E-state index contributed by atoms with van der Waals surface area (Å²) in [5.74, 6) is 1.03. The molecule has 0 N–H and O–H groups in total. The lowest BCUT2D eigenvalue weighted by Crippen LogP contribution is -2.41. The topological polar surface area (TPSA) is 34.1 Å². The predicted octanol–water partition coefficient (Wildman–Crippen LogP) is 4.40. The van der Waals surface area contributed by atoms with E-state index in [0.29, 0.717) is 11.6 Å². The molecule has 0 spiro atoms. The van der Waals surface area contributed by atoms with Crippen LogP contribution >= 0.6 is 0 Å². The van der Waals surface area contributed by atoms with Gasteiger partial charge in [0.05, 0.1) is 0 Å². The fourth-order valence-corrected chi connectivity index (χ4v) is 5.24. The van der Waals surface area contributed by atoms with Gasteiger partial charge in [-0.05, 0) is 51.4 Å². The molecule has 0 aliphatic heterocycles. The number of ketones is 2. The molecule has 0 aromatic carbocycles. The van der Waals surface area contributed by atoms with Crippen LogP contribution in [0.4, 0.5) is 0 Å². The van der Waals surface area contributed by atoms with E-state index < -0.39 is 0 Å². The van der Waals surface area contributed by atoms with Gasteiger partial charge >= 0.3 is 0 Å². The molecular formula is C20H26O2. The first-order valence-corrected chi connectivity index (χ1v) is 9.21. The van der Waals surface area contributed by atoms with Crippen LogP contribution in [-0.4, -0.2) is 11.6 Å². The van der Waals surface area contributed by atoms with E-state index in [0.717, 1.165) is 38.5 Å². The molecule has 0 heterocycles. The third kappa shape index (κ3) is 2.31. The molecule has 2 saturated carbocycles. The van der Waals surface area contributed by atoms with Gasteiger partial charge in [-0.3, -0.25) is 9.59 Å². The summed E-state index contributed by atoms with van der Waals surface area (Å²) in [5, 5.41) is 0. The zero-order valence-corrected chi connectivity index (χ0v) is 13.4. The van der Waals surface area contributed by atoms with E-state index in [1.54, 1.807) is 0 Å². The molecule has 0 radical (unpaired) electrons. The fraction of sp³-hybridized carbons (Fsp3) is 0.700. The van der Waals surface area contributed by atoms with Gasteiger partial charge in [-0.2, -0.15) is 0 Å². The monoisotopic (exact) mass is 298 g/mol. The highest BCUT2D eigenvalue weighted by atomic mass is 16.1. The zero-order chi connectivity index (χ0) is 15.1. The van der Waals surface area contributed by atoms with Crippen molar-refractivity contribution < 1.29 is 9.59 Å². The number of hydrogen-bond acceptors (Lipinski definition) is 2. The van der Waals surface area contributed by atoms with Crippen molar-refractivity contribution in [2.75, 3.05) is 0 Å². The molecule has 0 bridgehead atoms. The van der Waals surface area contributed by atoms with Crippen LogP contribution in [0.25, 0.3) is 0 Å². The molecule has 2 nitrogen and oxygen atoms in total. The molecule has 0 aromatic heterocycles. The Morgan fingerprint density at radius 1 is 0.682 bits per heavy atom. The smallest absolute Gasteiger partial charge is 0.144 e. The number of fused-ring (bicyclic) bond motifs is 2. The van der Waals surface area contributed by atoms with Crippen molar-refractivity contribution in [1.82, 2.24) is 0 Å². The normalized spacial score (nSPS) is 38.7. The summed E-state index contributed by atoms with van der Waals surface area (Å²) in [7, 11) is 0. The highest BCUT2D eigenvalue weighted by molar-refractivity contribution is 5.95. The standard InChI is InChI=1S/C20H26O2/c21-19-15-7-3-1-5-13(15)9-11-17(19)18-12-10-14-6-2-4-8-16(14)20(18)22/h9-10,15-18H,1-8,11-12H2. The Morgan fingerprint density at radius 2 is 1.14 bits per heavy atom. The lowest BCUT2D eigenvalue weighted by Gasteiger charge is -2.39. The molecule has 4 atom stereocenters. The van der Waals surface area contributed by atoms with Gasteiger partial charge in [-0.1, -0.05) is 36.1 Å². The Morgan fingerprint density at radius 3 is 1.59 bits per heavy atom. The average molecular weight is 298 g/mol. The average Bonchev–Trinajstić information content (AvgIpc) is 2.57. The third-order valence-corrected chi connectivity index (χ3v) is 6.48. The molecule has 0 saturated heterocycles. The summed E-state index contributed by atoms with van der Waals surface area (Å²) in [6.07, 6.45) is 15.3. The lowest BCUT2D eigenvalue weighted by atomic mass is 9.63. The Labute approximate surface area is 133 Å². The summed E-state index contributed by atoms with van der Waals surface area (Å²) in [4.78, 5) is 25.9. The Balaban J connectivity index is 1.57. The van der Waals surface area contributed by atoms with E-state index in [2.05, 4.69) is 12.2 Å². The number of carbonyl (C=O) groups excluding carboxylic acids is 2. The highest BCUT2D eigenvalue weighted by Gasteiger charge is 2.44. The third-order valence-electron chi connectivity index (χ3n) is 6.48. The van der Waals surface area contributed by atoms with Gasteiger partial charge in [0.15, 0.2) is 0 Å². The van der Waals surface area contributed by atoms with Crippen molar-refractivity contribution in [3.63, 3.8) is 0 Å². The molecule has 22 heavy (non-hydrogen) atoms. The first kappa shape index (κ1) is 14.4. The lowest BCUT2D eigenvalue weighted by molar-refractivity contribution is -0.137. The van der Waals surface area contributed by atoms with Crippen molar-refractivity contribution in [1.29, 1.82) is 0 Å². The fourth-order valence-electron chi connectivity index (χ4n) is 5.24. The quantitative estimate of drug-likeness (QED) is 0.672. The van der Waals surface area contributed by atoms with Crippen molar-refractivity contribution in [2.45, 2.75) is 64.2 Å². The molecule has 2 heteroatoms. The van der Waals surface area contributed by atoms with Crippen molar-refractivity contribution >= 4 is 11.6 Å². The summed E-state index contributed by atoms with van der Waals surface area (Å²) in [5.41, 5.74) is 2.76. The molecule has 4 aliphatic carbocycles. The molecule has 0 amide bonds. The first-order valence-electron chi connectivity index (χ1n) is 9.21. The first-order chi connectivity index (χ1) is 10.8. The summed E-state index contributed by atoms with van der Waals surface area (Å²) < 4.78 is 0. The van der Waals surface area contributed by atoms with Crippen LogP contribution in [0.5, 0.6) is 0 Å². The van der Waals surface area contributed by atoms with E-state index >= 15 is 0 Å². The number of carbonyl (C=O) groups is 2. The second-order valence-corrected chi connectivity index (χ2v) is 7.64.